The third-order valence-electron chi connectivity index (χ3n) is 1.70. The van der Waals surface area contributed by atoms with Crippen LogP contribution in [0, 0.1) is 0 Å². The molecule has 14 heavy (non-hydrogen) atoms. The Hall–Kier alpha value is -0.620. The van der Waals surface area contributed by atoms with Gasteiger partial charge in [-0.2, -0.15) is 17.6 Å². The van der Waals surface area contributed by atoms with E-state index in [2.05, 4.69) is 9.47 Å². The molecule has 0 aliphatic carbocycles. The molecular weight excluding hydrogens is 204 g/mol. The molecule has 1 unspecified atom stereocenters. The molecule has 1 heterocycles. The van der Waals surface area contributed by atoms with Gasteiger partial charge in [0.2, 0.25) is 6.10 Å². The predicted octanol–water partition coefficient (Wildman–Crippen LogP) is 2.55. The Balaban J connectivity index is 2.58. The predicted molar refractivity (Wildman–Crippen MR) is 40.1 cm³/mol. The first-order chi connectivity index (χ1) is 6.29. The number of hydrogen-bond acceptors (Lipinski definition) is 2. The van der Waals surface area contributed by atoms with Crippen molar-refractivity contribution in [2.24, 2.45) is 0 Å². The molecule has 0 saturated carbocycles. The van der Waals surface area contributed by atoms with Crippen molar-refractivity contribution in [3.05, 3.63) is 12.2 Å². The van der Waals surface area contributed by atoms with Gasteiger partial charge in [0.05, 0.1) is 6.10 Å². The summed E-state index contributed by atoms with van der Waals surface area (Å²) in [7, 11) is 0. The van der Waals surface area contributed by atoms with E-state index in [9.17, 15) is 17.6 Å². The fraction of sp³-hybridized carbons (Fsp3) is 0.750. The van der Waals surface area contributed by atoms with Crippen LogP contribution in [0.1, 0.15) is 13.8 Å². The normalized spacial score (nSPS) is 27.6. The fourth-order valence-electron chi connectivity index (χ4n) is 1.12. The zero-order chi connectivity index (χ0) is 11.0. The minimum Gasteiger partial charge on any atom is -0.354 e. The van der Waals surface area contributed by atoms with Crippen LogP contribution in [0.3, 0.4) is 0 Å². The molecule has 6 heteroatoms. The lowest BCUT2D eigenvalue weighted by molar-refractivity contribution is -0.532. The minimum absolute atomic E-state index is 0.800. The maximum atomic E-state index is 12.4. The van der Waals surface area contributed by atoms with Crippen molar-refractivity contribution < 1.29 is 27.0 Å². The average Bonchev–Trinajstić information content (AvgIpc) is 1.98. The molecule has 0 N–H and O–H groups in total. The van der Waals surface area contributed by atoms with Crippen molar-refractivity contribution >= 4 is 0 Å². The van der Waals surface area contributed by atoms with Gasteiger partial charge in [-0.15, -0.1) is 0 Å². The molecule has 2 nitrogen and oxygen atoms in total. The molecule has 1 aliphatic rings. The van der Waals surface area contributed by atoms with Crippen molar-refractivity contribution in [3.63, 3.8) is 0 Å². The highest BCUT2D eigenvalue weighted by Crippen LogP contribution is 2.48. The molecule has 0 radical (unpaired) electrons. The Morgan fingerprint density at radius 2 is 1.79 bits per heavy atom. The summed E-state index contributed by atoms with van der Waals surface area (Å²) in [4.78, 5) is 0. The molecule has 1 atom stereocenters. The van der Waals surface area contributed by atoms with Crippen LogP contribution >= 0.6 is 0 Å². The number of rotatable bonds is 3. The Bertz CT molecular complexity index is 225. The van der Waals surface area contributed by atoms with E-state index in [4.69, 9.17) is 0 Å². The third-order valence-corrected chi connectivity index (χ3v) is 1.70. The second kappa shape index (κ2) is 3.51. The molecule has 0 bridgehead atoms. The summed E-state index contributed by atoms with van der Waals surface area (Å²) in [6.45, 7) is 3.03. The van der Waals surface area contributed by atoms with E-state index in [0.717, 1.165) is 0 Å². The Morgan fingerprint density at radius 3 is 2.14 bits per heavy atom. The van der Waals surface area contributed by atoms with E-state index in [-0.39, 0.29) is 0 Å². The SMILES string of the molecule is CC=CC(C)OC1C(F)(F)OC1(F)F. The molecule has 0 aromatic heterocycles. The standard InChI is InChI=1S/C8H10F4O2/c1-3-4-5(2)13-6-7(9,10)14-8(6,11)12/h3-6H,1-2H3. The van der Waals surface area contributed by atoms with Gasteiger partial charge in [-0.1, -0.05) is 12.2 Å². The second-order valence-corrected chi connectivity index (χ2v) is 2.97. The Kier molecular flexibility index (Phi) is 2.87. The number of alkyl halides is 4. The molecular formula is C8H10F4O2. The first kappa shape index (κ1) is 11.5. The fourth-order valence-corrected chi connectivity index (χ4v) is 1.12. The van der Waals surface area contributed by atoms with Gasteiger partial charge in [0.1, 0.15) is 0 Å². The number of hydrogen-bond donors (Lipinski definition) is 0. The van der Waals surface area contributed by atoms with E-state index in [0.29, 0.717) is 0 Å². The molecule has 1 aliphatic heterocycles. The summed E-state index contributed by atoms with van der Waals surface area (Å²) in [6.07, 6.45) is -8.18. The van der Waals surface area contributed by atoms with Crippen LogP contribution in [0.4, 0.5) is 17.6 Å². The number of halogens is 4. The monoisotopic (exact) mass is 214 g/mol. The van der Waals surface area contributed by atoms with Gasteiger partial charge in [0.25, 0.3) is 0 Å². The first-order valence-electron chi connectivity index (χ1n) is 4.03. The van der Waals surface area contributed by atoms with Gasteiger partial charge in [0.15, 0.2) is 0 Å². The molecule has 1 saturated heterocycles. The second-order valence-electron chi connectivity index (χ2n) is 2.97. The maximum Gasteiger partial charge on any atom is 0.395 e. The zero-order valence-electron chi connectivity index (χ0n) is 7.64. The molecule has 1 fully saturated rings. The summed E-state index contributed by atoms with van der Waals surface area (Å²) >= 11 is 0. The quantitative estimate of drug-likeness (QED) is 0.531. The van der Waals surface area contributed by atoms with Crippen molar-refractivity contribution in [3.8, 4) is 0 Å². The van der Waals surface area contributed by atoms with Crippen LogP contribution in [0.25, 0.3) is 0 Å². The summed E-state index contributed by atoms with van der Waals surface area (Å²) in [6, 6.07) is 0. The van der Waals surface area contributed by atoms with Crippen LogP contribution in [-0.4, -0.2) is 24.4 Å². The summed E-state index contributed by atoms with van der Waals surface area (Å²) in [5.74, 6) is 0. The Labute approximate surface area is 78.5 Å². The van der Waals surface area contributed by atoms with E-state index < -0.39 is 24.4 Å². The summed E-state index contributed by atoms with van der Waals surface area (Å²) in [5, 5.41) is 0. The third kappa shape index (κ3) is 2.06. The first-order valence-corrected chi connectivity index (χ1v) is 4.03. The van der Waals surface area contributed by atoms with E-state index in [1.54, 1.807) is 6.92 Å². The van der Waals surface area contributed by atoms with Crippen LogP contribution in [-0.2, 0) is 9.47 Å². The van der Waals surface area contributed by atoms with Crippen molar-refractivity contribution in [2.45, 2.75) is 38.3 Å². The van der Waals surface area contributed by atoms with E-state index >= 15 is 0 Å². The smallest absolute Gasteiger partial charge is 0.354 e. The van der Waals surface area contributed by atoms with Gasteiger partial charge < -0.3 is 4.74 Å². The zero-order valence-corrected chi connectivity index (χ0v) is 7.64. The molecule has 0 aromatic carbocycles. The van der Waals surface area contributed by atoms with Crippen LogP contribution < -0.4 is 0 Å². The lowest BCUT2D eigenvalue weighted by Crippen LogP contribution is -2.65. The highest BCUT2D eigenvalue weighted by molar-refractivity contribution is 4.92. The molecule has 0 spiro atoms. The molecule has 0 amide bonds. The number of ether oxygens (including phenoxy) is 2. The lowest BCUT2D eigenvalue weighted by Gasteiger charge is -2.42. The molecule has 82 valence electrons. The highest BCUT2D eigenvalue weighted by atomic mass is 19.3. The van der Waals surface area contributed by atoms with Gasteiger partial charge in [0, 0.05) is 0 Å². The lowest BCUT2D eigenvalue weighted by atomic mass is 10.2. The largest absolute Gasteiger partial charge is 0.395 e. The topological polar surface area (TPSA) is 18.5 Å². The number of allylic oxidation sites excluding steroid dienone is 1. The summed E-state index contributed by atoms with van der Waals surface area (Å²) in [5.41, 5.74) is 0. The van der Waals surface area contributed by atoms with Gasteiger partial charge in [-0.05, 0) is 13.8 Å². The van der Waals surface area contributed by atoms with Gasteiger partial charge in [-0.3, -0.25) is 4.74 Å². The van der Waals surface area contributed by atoms with Crippen LogP contribution in [0.15, 0.2) is 12.2 Å². The van der Waals surface area contributed by atoms with Crippen molar-refractivity contribution in [2.75, 3.05) is 0 Å². The minimum atomic E-state index is -3.90. The van der Waals surface area contributed by atoms with E-state index in [1.165, 1.54) is 19.1 Å². The van der Waals surface area contributed by atoms with Crippen LogP contribution in [0.5, 0.6) is 0 Å². The van der Waals surface area contributed by atoms with Gasteiger partial charge >= 0.3 is 12.2 Å². The highest BCUT2D eigenvalue weighted by Gasteiger charge is 2.72. The molecule has 0 aromatic rings. The van der Waals surface area contributed by atoms with E-state index in [1.807, 2.05) is 0 Å². The summed E-state index contributed by atoms with van der Waals surface area (Å²) < 4.78 is 57.3. The maximum absolute atomic E-state index is 12.4. The van der Waals surface area contributed by atoms with Crippen molar-refractivity contribution in [1.82, 2.24) is 0 Å². The Morgan fingerprint density at radius 1 is 1.29 bits per heavy atom. The molecule has 1 rings (SSSR count). The van der Waals surface area contributed by atoms with Gasteiger partial charge in [-0.25, -0.2) is 0 Å². The van der Waals surface area contributed by atoms with Crippen LogP contribution in [0.2, 0.25) is 0 Å². The van der Waals surface area contributed by atoms with Crippen molar-refractivity contribution in [1.29, 1.82) is 0 Å². The average molecular weight is 214 g/mol.